The van der Waals surface area contributed by atoms with Gasteiger partial charge in [0.2, 0.25) is 0 Å². The molecule has 3 aromatic carbocycles. The molecule has 0 aliphatic carbocycles. The molecule has 0 saturated carbocycles. The lowest BCUT2D eigenvalue weighted by Crippen LogP contribution is -2.02. The van der Waals surface area contributed by atoms with Gasteiger partial charge in [-0.3, -0.25) is 14.2 Å². The van der Waals surface area contributed by atoms with Gasteiger partial charge in [-0.25, -0.2) is 0 Å². The minimum absolute atomic E-state index is 0.541. The molecule has 0 amide bonds. The van der Waals surface area contributed by atoms with E-state index in [1.54, 1.807) is 14.2 Å². The average molecular weight is 503 g/mol. The third-order valence-corrected chi connectivity index (χ3v) is 6.57. The maximum atomic E-state index is 5.50. The third-order valence-electron chi connectivity index (χ3n) is 5.38. The van der Waals surface area contributed by atoms with Crippen molar-refractivity contribution in [3.8, 4) is 34.3 Å². The van der Waals surface area contributed by atoms with Crippen molar-refractivity contribution in [2.24, 2.45) is 0 Å². The van der Waals surface area contributed by atoms with E-state index in [4.69, 9.17) is 21.7 Å². The minimum atomic E-state index is 0.541. The van der Waals surface area contributed by atoms with Gasteiger partial charge in [-0.15, -0.1) is 10.2 Å². The number of nitrogens with zero attached hydrogens (tertiary/aromatic N) is 5. The standard InChI is InChI=1S/C25H22N6O2S2/c1-32-20-14-13-17(15-21(20)33-2)23-27-29-25(31(23)19-11-7-4-8-12-19)35-16-22-26-28-24(34)30(22)18-9-5-3-6-10-18/h3-15H,16H2,1-2H3,(H,28,34). The summed E-state index contributed by atoms with van der Waals surface area (Å²) in [5.74, 6) is 3.31. The Morgan fingerprint density at radius 3 is 2.14 bits per heavy atom. The summed E-state index contributed by atoms with van der Waals surface area (Å²) in [6.07, 6.45) is 0. The first-order valence-electron chi connectivity index (χ1n) is 10.8. The fourth-order valence-electron chi connectivity index (χ4n) is 3.73. The van der Waals surface area contributed by atoms with E-state index in [0.717, 1.165) is 27.9 Å². The van der Waals surface area contributed by atoms with Crippen molar-refractivity contribution < 1.29 is 9.47 Å². The van der Waals surface area contributed by atoms with E-state index in [1.165, 1.54) is 11.8 Å². The van der Waals surface area contributed by atoms with Gasteiger partial charge in [0.15, 0.2) is 27.3 Å². The second-order valence-corrected chi connectivity index (χ2v) is 8.78. The van der Waals surface area contributed by atoms with Crippen molar-refractivity contribution >= 4 is 24.0 Å². The van der Waals surface area contributed by atoms with Crippen molar-refractivity contribution in [2.45, 2.75) is 10.9 Å². The Labute approximate surface area is 211 Å². The molecule has 0 spiro atoms. The summed E-state index contributed by atoms with van der Waals surface area (Å²) in [4.78, 5) is 0. The van der Waals surface area contributed by atoms with Gasteiger partial charge in [-0.05, 0) is 54.7 Å². The third kappa shape index (κ3) is 4.58. The van der Waals surface area contributed by atoms with E-state index in [2.05, 4.69) is 20.4 Å². The van der Waals surface area contributed by atoms with Gasteiger partial charge in [0.05, 0.1) is 20.0 Å². The van der Waals surface area contributed by atoms with Gasteiger partial charge in [-0.2, -0.15) is 5.10 Å². The van der Waals surface area contributed by atoms with E-state index in [0.29, 0.717) is 27.8 Å². The summed E-state index contributed by atoms with van der Waals surface area (Å²) in [6.45, 7) is 0. The normalized spacial score (nSPS) is 10.9. The van der Waals surface area contributed by atoms with E-state index in [9.17, 15) is 0 Å². The number of benzene rings is 3. The molecular formula is C25H22N6O2S2. The number of hydrogen-bond acceptors (Lipinski definition) is 7. The number of ether oxygens (including phenoxy) is 2. The van der Waals surface area contributed by atoms with E-state index < -0.39 is 0 Å². The van der Waals surface area contributed by atoms with Crippen molar-refractivity contribution in [3.63, 3.8) is 0 Å². The monoisotopic (exact) mass is 502 g/mol. The fraction of sp³-hybridized carbons (Fsp3) is 0.120. The molecule has 5 aromatic rings. The summed E-state index contributed by atoms with van der Waals surface area (Å²) in [5.41, 5.74) is 2.77. The number of nitrogens with one attached hydrogen (secondary N) is 1. The molecule has 10 heteroatoms. The average Bonchev–Trinajstić information content (AvgIpc) is 3.51. The van der Waals surface area contributed by atoms with Crippen LogP contribution in [0.4, 0.5) is 0 Å². The van der Waals surface area contributed by atoms with Crippen LogP contribution in [0.3, 0.4) is 0 Å². The maximum Gasteiger partial charge on any atom is 0.199 e. The number of para-hydroxylation sites is 2. The number of H-pyrrole nitrogens is 1. The second-order valence-electron chi connectivity index (χ2n) is 7.45. The Hall–Kier alpha value is -3.89. The first-order valence-corrected chi connectivity index (χ1v) is 12.2. The van der Waals surface area contributed by atoms with Crippen LogP contribution in [0.1, 0.15) is 5.82 Å². The minimum Gasteiger partial charge on any atom is -0.493 e. The highest BCUT2D eigenvalue weighted by Gasteiger charge is 2.19. The molecule has 1 N–H and O–H groups in total. The van der Waals surface area contributed by atoms with Gasteiger partial charge in [-0.1, -0.05) is 48.2 Å². The topological polar surface area (TPSA) is 82.8 Å². The number of rotatable bonds is 8. The highest BCUT2D eigenvalue weighted by molar-refractivity contribution is 7.98. The quantitative estimate of drug-likeness (QED) is 0.222. The van der Waals surface area contributed by atoms with Crippen LogP contribution in [-0.2, 0) is 5.75 Å². The molecule has 0 bridgehead atoms. The lowest BCUT2D eigenvalue weighted by Gasteiger charge is -2.12. The molecule has 0 atom stereocenters. The summed E-state index contributed by atoms with van der Waals surface area (Å²) >= 11 is 7.01. The van der Waals surface area contributed by atoms with Crippen molar-refractivity contribution in [1.29, 1.82) is 0 Å². The number of methoxy groups -OCH3 is 2. The molecule has 5 rings (SSSR count). The first-order chi connectivity index (χ1) is 17.2. The Bertz CT molecular complexity index is 1500. The van der Waals surface area contributed by atoms with Crippen molar-refractivity contribution in [1.82, 2.24) is 29.5 Å². The molecule has 2 heterocycles. The molecule has 0 fully saturated rings. The van der Waals surface area contributed by atoms with Crippen LogP contribution in [0.2, 0.25) is 0 Å². The second kappa shape index (κ2) is 10.2. The first kappa shape index (κ1) is 22.9. The fourth-order valence-corrected chi connectivity index (χ4v) is 4.86. The smallest absolute Gasteiger partial charge is 0.199 e. The van der Waals surface area contributed by atoms with E-state index >= 15 is 0 Å². The van der Waals surface area contributed by atoms with Crippen LogP contribution in [0.15, 0.2) is 84.0 Å². The highest BCUT2D eigenvalue weighted by atomic mass is 32.2. The molecular weight excluding hydrogens is 480 g/mol. The number of thioether (sulfide) groups is 1. The van der Waals surface area contributed by atoms with Gasteiger partial charge in [0.25, 0.3) is 0 Å². The summed E-state index contributed by atoms with van der Waals surface area (Å²) in [7, 11) is 3.23. The molecule has 8 nitrogen and oxygen atoms in total. The zero-order chi connectivity index (χ0) is 24.2. The molecule has 176 valence electrons. The van der Waals surface area contributed by atoms with Gasteiger partial charge in [0, 0.05) is 16.9 Å². The van der Waals surface area contributed by atoms with Crippen LogP contribution in [0.25, 0.3) is 22.8 Å². The van der Waals surface area contributed by atoms with Crippen LogP contribution in [-0.4, -0.2) is 43.7 Å². The Morgan fingerprint density at radius 2 is 1.49 bits per heavy atom. The predicted molar refractivity (Wildman–Crippen MR) is 138 cm³/mol. The van der Waals surface area contributed by atoms with Gasteiger partial charge in [0.1, 0.15) is 5.82 Å². The zero-order valence-electron chi connectivity index (χ0n) is 19.1. The number of aromatic amines is 1. The summed E-state index contributed by atoms with van der Waals surface area (Å²) in [5, 5.41) is 17.1. The van der Waals surface area contributed by atoms with E-state index in [-0.39, 0.29) is 0 Å². The maximum absolute atomic E-state index is 5.50. The number of hydrogen-bond donors (Lipinski definition) is 1. The highest BCUT2D eigenvalue weighted by Crippen LogP contribution is 2.34. The lowest BCUT2D eigenvalue weighted by molar-refractivity contribution is 0.355. The largest absolute Gasteiger partial charge is 0.493 e. The molecule has 2 aromatic heterocycles. The van der Waals surface area contributed by atoms with Crippen molar-refractivity contribution in [3.05, 3.63) is 89.5 Å². The molecule has 0 aliphatic rings. The molecule has 0 aliphatic heterocycles. The summed E-state index contributed by atoms with van der Waals surface area (Å²) < 4.78 is 15.4. The molecule has 0 unspecified atom stereocenters. The van der Waals surface area contributed by atoms with Crippen molar-refractivity contribution in [2.75, 3.05) is 14.2 Å². The van der Waals surface area contributed by atoms with Gasteiger partial charge < -0.3 is 9.47 Å². The predicted octanol–water partition coefficient (Wildman–Crippen LogP) is 5.49. The zero-order valence-corrected chi connectivity index (χ0v) is 20.7. The Kier molecular flexibility index (Phi) is 6.64. The summed E-state index contributed by atoms with van der Waals surface area (Å²) in [6, 6.07) is 25.6. The molecule has 0 saturated heterocycles. The van der Waals surface area contributed by atoms with E-state index in [1.807, 2.05) is 88.0 Å². The number of aromatic nitrogens is 6. The Balaban J connectivity index is 1.53. The lowest BCUT2D eigenvalue weighted by atomic mass is 10.2. The SMILES string of the molecule is COc1ccc(-c2nnc(SCc3n[nH]c(=S)n3-c3ccccc3)n2-c2ccccc2)cc1OC. The van der Waals surface area contributed by atoms with Crippen LogP contribution < -0.4 is 9.47 Å². The van der Waals surface area contributed by atoms with Crippen LogP contribution >= 0.6 is 24.0 Å². The van der Waals surface area contributed by atoms with Crippen LogP contribution in [0, 0.1) is 4.77 Å². The molecule has 35 heavy (non-hydrogen) atoms. The molecule has 0 radical (unpaired) electrons. The van der Waals surface area contributed by atoms with Crippen LogP contribution in [0.5, 0.6) is 11.5 Å². The van der Waals surface area contributed by atoms with Gasteiger partial charge >= 0.3 is 0 Å². The Morgan fingerprint density at radius 1 is 0.829 bits per heavy atom.